The van der Waals surface area contributed by atoms with Crippen molar-refractivity contribution in [3.63, 3.8) is 0 Å². The van der Waals surface area contributed by atoms with Crippen molar-refractivity contribution >= 4 is 29.1 Å². The van der Waals surface area contributed by atoms with Crippen molar-refractivity contribution in [2.24, 2.45) is 0 Å². The SMILES string of the molecule is N#C[C@@H](NC(=O)Cc1ccc2c(c1)NC(=O)C2)c1ccccc1Cl. The molecule has 0 aliphatic carbocycles. The third kappa shape index (κ3) is 3.39. The molecule has 3 rings (SSSR count). The summed E-state index contributed by atoms with van der Waals surface area (Å²) >= 11 is 6.08. The van der Waals surface area contributed by atoms with Gasteiger partial charge in [-0.05, 0) is 23.3 Å². The van der Waals surface area contributed by atoms with Crippen molar-refractivity contribution in [2.45, 2.75) is 18.9 Å². The molecule has 0 bridgehead atoms. The molecule has 5 nitrogen and oxygen atoms in total. The van der Waals surface area contributed by atoms with E-state index in [9.17, 15) is 14.9 Å². The lowest BCUT2D eigenvalue weighted by molar-refractivity contribution is -0.120. The average Bonchev–Trinajstić information content (AvgIpc) is 2.92. The number of benzene rings is 2. The minimum Gasteiger partial charge on any atom is -0.336 e. The molecule has 2 aromatic carbocycles. The molecule has 1 aliphatic heterocycles. The first-order valence-electron chi connectivity index (χ1n) is 7.42. The number of hydrogen-bond donors (Lipinski definition) is 2. The number of anilines is 1. The second-order valence-corrected chi connectivity index (χ2v) is 5.95. The van der Waals surface area contributed by atoms with Gasteiger partial charge in [-0.3, -0.25) is 9.59 Å². The summed E-state index contributed by atoms with van der Waals surface area (Å²) in [7, 11) is 0. The molecule has 24 heavy (non-hydrogen) atoms. The summed E-state index contributed by atoms with van der Waals surface area (Å²) in [6.07, 6.45) is 0.483. The first kappa shape index (κ1) is 16.0. The number of carbonyl (C=O) groups is 2. The Bertz CT molecular complexity index is 858. The Morgan fingerprint density at radius 2 is 2.12 bits per heavy atom. The van der Waals surface area contributed by atoms with Gasteiger partial charge in [-0.2, -0.15) is 5.26 Å². The minimum atomic E-state index is -0.805. The van der Waals surface area contributed by atoms with Gasteiger partial charge in [-0.1, -0.05) is 41.9 Å². The molecule has 0 aromatic heterocycles. The highest BCUT2D eigenvalue weighted by Crippen LogP contribution is 2.25. The molecule has 6 heteroatoms. The highest BCUT2D eigenvalue weighted by Gasteiger charge is 2.19. The lowest BCUT2D eigenvalue weighted by atomic mass is 10.1. The van der Waals surface area contributed by atoms with Crippen LogP contribution in [0.5, 0.6) is 0 Å². The Balaban J connectivity index is 1.70. The molecule has 2 amide bonds. The number of nitrogens with one attached hydrogen (secondary N) is 2. The maximum absolute atomic E-state index is 12.2. The fraction of sp³-hybridized carbons (Fsp3) is 0.167. The first-order valence-corrected chi connectivity index (χ1v) is 7.79. The van der Waals surface area contributed by atoms with E-state index in [0.29, 0.717) is 17.0 Å². The summed E-state index contributed by atoms with van der Waals surface area (Å²) in [5, 5.41) is 15.2. The molecule has 0 radical (unpaired) electrons. The largest absolute Gasteiger partial charge is 0.336 e. The van der Waals surface area contributed by atoms with Crippen molar-refractivity contribution < 1.29 is 9.59 Å². The average molecular weight is 340 g/mol. The number of nitriles is 1. The van der Waals surface area contributed by atoms with Crippen molar-refractivity contribution in [2.75, 3.05) is 5.32 Å². The fourth-order valence-corrected chi connectivity index (χ4v) is 2.90. The molecule has 0 fully saturated rings. The van der Waals surface area contributed by atoms with E-state index < -0.39 is 6.04 Å². The maximum Gasteiger partial charge on any atom is 0.228 e. The second-order valence-electron chi connectivity index (χ2n) is 5.54. The monoisotopic (exact) mass is 339 g/mol. The van der Waals surface area contributed by atoms with Crippen LogP contribution in [0.3, 0.4) is 0 Å². The number of hydrogen-bond acceptors (Lipinski definition) is 3. The highest BCUT2D eigenvalue weighted by molar-refractivity contribution is 6.31. The molecule has 0 saturated heterocycles. The van der Waals surface area contributed by atoms with Crippen molar-refractivity contribution in [3.8, 4) is 6.07 Å². The molecule has 0 spiro atoms. The van der Waals surface area contributed by atoms with E-state index in [1.807, 2.05) is 18.2 Å². The Morgan fingerprint density at radius 1 is 1.33 bits per heavy atom. The topological polar surface area (TPSA) is 82.0 Å². The summed E-state index contributed by atoms with van der Waals surface area (Å²) in [4.78, 5) is 23.6. The molecule has 1 heterocycles. The van der Waals surface area contributed by atoms with Crippen molar-refractivity contribution in [1.82, 2.24) is 5.32 Å². The first-order chi connectivity index (χ1) is 11.6. The second kappa shape index (κ2) is 6.73. The van der Waals surface area contributed by atoms with Gasteiger partial charge in [-0.15, -0.1) is 0 Å². The van der Waals surface area contributed by atoms with Gasteiger partial charge in [0, 0.05) is 16.3 Å². The number of amides is 2. The third-order valence-corrected chi connectivity index (χ3v) is 4.16. The van der Waals surface area contributed by atoms with Crippen LogP contribution in [0.15, 0.2) is 42.5 Å². The summed E-state index contributed by atoms with van der Waals surface area (Å²) in [6.45, 7) is 0. The van der Waals surface area contributed by atoms with Crippen LogP contribution in [-0.4, -0.2) is 11.8 Å². The maximum atomic E-state index is 12.2. The van der Waals surface area contributed by atoms with Crippen molar-refractivity contribution in [1.29, 1.82) is 5.26 Å². The third-order valence-electron chi connectivity index (χ3n) is 3.81. The lowest BCUT2D eigenvalue weighted by Crippen LogP contribution is -2.29. The van der Waals surface area contributed by atoms with Gasteiger partial charge in [0.25, 0.3) is 0 Å². The predicted molar refractivity (Wildman–Crippen MR) is 90.4 cm³/mol. The summed E-state index contributed by atoms with van der Waals surface area (Å²) in [5.41, 5.74) is 3.00. The van der Waals surface area contributed by atoms with Crippen LogP contribution in [0, 0.1) is 11.3 Å². The van der Waals surface area contributed by atoms with Gasteiger partial charge in [0.05, 0.1) is 18.9 Å². The molecular weight excluding hydrogens is 326 g/mol. The molecule has 120 valence electrons. The van der Waals surface area contributed by atoms with Gasteiger partial charge in [0.1, 0.15) is 6.04 Å². The van der Waals surface area contributed by atoms with Crippen LogP contribution >= 0.6 is 11.6 Å². The van der Waals surface area contributed by atoms with Crippen LogP contribution < -0.4 is 10.6 Å². The minimum absolute atomic E-state index is 0.0464. The van der Waals surface area contributed by atoms with Crippen LogP contribution in [-0.2, 0) is 22.4 Å². The standard InChI is InChI=1S/C18H14ClN3O2/c19-14-4-2-1-3-13(14)16(10-20)22-17(23)8-11-5-6-12-9-18(24)21-15(12)7-11/h1-7,16H,8-9H2,(H,21,24)(H,22,23)/t16-/m1/s1. The zero-order valence-corrected chi connectivity index (χ0v) is 13.4. The van der Waals surface area contributed by atoms with Crippen LogP contribution in [0.25, 0.3) is 0 Å². The van der Waals surface area contributed by atoms with Gasteiger partial charge in [0.15, 0.2) is 0 Å². The van der Waals surface area contributed by atoms with Gasteiger partial charge in [0.2, 0.25) is 11.8 Å². The molecule has 0 unspecified atom stereocenters. The number of carbonyl (C=O) groups excluding carboxylic acids is 2. The van der Waals surface area contributed by atoms with Gasteiger partial charge in [-0.25, -0.2) is 0 Å². The zero-order valence-electron chi connectivity index (χ0n) is 12.7. The number of fused-ring (bicyclic) bond motifs is 1. The van der Waals surface area contributed by atoms with Gasteiger partial charge >= 0.3 is 0 Å². The Labute approximate surface area is 144 Å². The number of halogens is 1. The summed E-state index contributed by atoms with van der Waals surface area (Å²) in [6, 6.07) is 13.6. The lowest BCUT2D eigenvalue weighted by Gasteiger charge is -2.13. The van der Waals surface area contributed by atoms with E-state index in [-0.39, 0.29) is 18.2 Å². The van der Waals surface area contributed by atoms with E-state index in [0.717, 1.165) is 16.8 Å². The predicted octanol–water partition coefficient (Wildman–Crippen LogP) is 2.76. The number of nitrogens with zero attached hydrogens (tertiary/aromatic N) is 1. The molecular formula is C18H14ClN3O2. The molecule has 0 saturated carbocycles. The normalized spacial score (nSPS) is 13.6. The quantitative estimate of drug-likeness (QED) is 0.898. The van der Waals surface area contributed by atoms with Crippen LogP contribution in [0.1, 0.15) is 22.7 Å². The fourth-order valence-electron chi connectivity index (χ4n) is 2.66. The van der Waals surface area contributed by atoms with E-state index in [1.54, 1.807) is 30.3 Å². The van der Waals surface area contributed by atoms with E-state index in [4.69, 9.17) is 11.6 Å². The smallest absolute Gasteiger partial charge is 0.228 e. The van der Waals surface area contributed by atoms with Crippen LogP contribution in [0.2, 0.25) is 5.02 Å². The van der Waals surface area contributed by atoms with Crippen molar-refractivity contribution in [3.05, 3.63) is 64.2 Å². The molecule has 1 aliphatic rings. The Morgan fingerprint density at radius 3 is 2.88 bits per heavy atom. The van der Waals surface area contributed by atoms with E-state index >= 15 is 0 Å². The highest BCUT2D eigenvalue weighted by atomic mass is 35.5. The van der Waals surface area contributed by atoms with E-state index in [1.165, 1.54) is 0 Å². The number of rotatable bonds is 4. The Hall–Kier alpha value is -2.84. The van der Waals surface area contributed by atoms with Crippen LogP contribution in [0.4, 0.5) is 5.69 Å². The zero-order chi connectivity index (χ0) is 17.1. The molecule has 2 N–H and O–H groups in total. The Kier molecular flexibility index (Phi) is 4.50. The molecule has 1 atom stereocenters. The summed E-state index contributed by atoms with van der Waals surface area (Å²) < 4.78 is 0. The van der Waals surface area contributed by atoms with Gasteiger partial charge < -0.3 is 10.6 Å². The summed E-state index contributed by atoms with van der Waals surface area (Å²) in [5.74, 6) is -0.333. The van der Waals surface area contributed by atoms with E-state index in [2.05, 4.69) is 10.6 Å². The molecule has 2 aromatic rings.